The molecular weight excluding hydrogens is 354 g/mol. The lowest BCUT2D eigenvalue weighted by Gasteiger charge is -2.33. The first-order valence-corrected chi connectivity index (χ1v) is 9.45. The predicted octanol–water partition coefficient (Wildman–Crippen LogP) is 2.61. The van der Waals surface area contributed by atoms with Crippen LogP contribution in [0.1, 0.15) is 12.5 Å². The third kappa shape index (κ3) is 2.93. The van der Waals surface area contributed by atoms with Crippen LogP contribution >= 0.6 is 0 Å². The number of anilines is 1. The van der Waals surface area contributed by atoms with Gasteiger partial charge in [0, 0.05) is 61.4 Å². The Morgan fingerprint density at radius 3 is 3.00 bits per heavy atom. The summed E-state index contributed by atoms with van der Waals surface area (Å²) >= 11 is 0. The maximum Gasteiger partial charge on any atom is 0.345 e. The molecule has 5 rings (SSSR count). The smallest absolute Gasteiger partial charge is 0.345 e. The van der Waals surface area contributed by atoms with Crippen LogP contribution in [0.15, 0.2) is 52.1 Å². The summed E-state index contributed by atoms with van der Waals surface area (Å²) in [5, 5.41) is 4.32. The van der Waals surface area contributed by atoms with Gasteiger partial charge in [-0.05, 0) is 37.6 Å². The number of nitrogens with one attached hydrogen (secondary N) is 1. The normalized spacial score (nSPS) is 17.5. The molecule has 4 aromatic rings. The Labute approximate surface area is 161 Å². The van der Waals surface area contributed by atoms with E-state index in [1.54, 1.807) is 6.20 Å². The van der Waals surface area contributed by atoms with Crippen molar-refractivity contribution in [3.8, 4) is 11.3 Å². The molecule has 1 aliphatic heterocycles. The second kappa shape index (κ2) is 6.45. The average Bonchev–Trinajstić information content (AvgIpc) is 3.10. The van der Waals surface area contributed by atoms with Crippen molar-refractivity contribution in [2.75, 3.05) is 24.5 Å². The van der Waals surface area contributed by atoms with Gasteiger partial charge < -0.3 is 14.6 Å². The van der Waals surface area contributed by atoms with E-state index in [0.29, 0.717) is 28.7 Å². The standard InChI is InChI=1S/C21H21N5O2/c1-13-9-23-21-24-18(12-26(21)10-13)17-7-15-3-4-16(8-19(15)28-20(17)27)25-6-5-22-14(2)11-25/h3-4,7-10,12,14,22H,5-6,11H2,1-2H3/t14-/m1/s1. The second-order valence-corrected chi connectivity index (χ2v) is 7.44. The van der Waals surface area contributed by atoms with Gasteiger partial charge in [-0.3, -0.25) is 4.40 Å². The highest BCUT2D eigenvalue weighted by atomic mass is 16.4. The van der Waals surface area contributed by atoms with Gasteiger partial charge in [0.15, 0.2) is 0 Å². The number of fused-ring (bicyclic) bond motifs is 2. The van der Waals surface area contributed by atoms with E-state index in [-0.39, 0.29) is 0 Å². The highest BCUT2D eigenvalue weighted by molar-refractivity contribution is 5.84. The molecule has 0 spiro atoms. The molecule has 1 aliphatic rings. The van der Waals surface area contributed by atoms with E-state index in [0.717, 1.165) is 36.3 Å². The summed E-state index contributed by atoms with van der Waals surface area (Å²) in [5.41, 5.74) is 3.31. The van der Waals surface area contributed by atoms with Gasteiger partial charge in [-0.15, -0.1) is 0 Å². The van der Waals surface area contributed by atoms with E-state index in [9.17, 15) is 4.79 Å². The molecule has 0 amide bonds. The fourth-order valence-electron chi connectivity index (χ4n) is 3.76. The highest BCUT2D eigenvalue weighted by Gasteiger charge is 2.17. The Kier molecular flexibility index (Phi) is 3.91. The quantitative estimate of drug-likeness (QED) is 0.543. The third-order valence-electron chi connectivity index (χ3n) is 5.17. The summed E-state index contributed by atoms with van der Waals surface area (Å²) in [5.74, 6) is 0.559. The molecule has 0 saturated carbocycles. The van der Waals surface area contributed by atoms with Gasteiger partial charge >= 0.3 is 5.63 Å². The van der Waals surface area contributed by atoms with Crippen LogP contribution in [0.25, 0.3) is 28.0 Å². The molecule has 0 radical (unpaired) electrons. The molecule has 4 heterocycles. The van der Waals surface area contributed by atoms with Crippen molar-refractivity contribution in [1.29, 1.82) is 0 Å². The van der Waals surface area contributed by atoms with Crippen LogP contribution in [-0.4, -0.2) is 40.0 Å². The summed E-state index contributed by atoms with van der Waals surface area (Å²) in [4.78, 5) is 23.7. The molecule has 1 aromatic carbocycles. The molecule has 1 saturated heterocycles. The number of aromatic nitrogens is 3. The lowest BCUT2D eigenvalue weighted by molar-refractivity contribution is 0.484. The fraction of sp³-hybridized carbons (Fsp3) is 0.286. The van der Waals surface area contributed by atoms with Gasteiger partial charge in [0.2, 0.25) is 5.78 Å². The van der Waals surface area contributed by atoms with Gasteiger partial charge in [0.25, 0.3) is 0 Å². The van der Waals surface area contributed by atoms with E-state index >= 15 is 0 Å². The summed E-state index contributed by atoms with van der Waals surface area (Å²) in [7, 11) is 0. The maximum absolute atomic E-state index is 12.7. The first-order chi connectivity index (χ1) is 13.6. The average molecular weight is 375 g/mol. The van der Waals surface area contributed by atoms with Crippen molar-refractivity contribution in [1.82, 2.24) is 19.7 Å². The Hall–Kier alpha value is -3.19. The van der Waals surface area contributed by atoms with Crippen LogP contribution in [0.4, 0.5) is 5.69 Å². The second-order valence-electron chi connectivity index (χ2n) is 7.44. The van der Waals surface area contributed by atoms with Crippen LogP contribution in [0, 0.1) is 6.92 Å². The lowest BCUT2D eigenvalue weighted by atomic mass is 10.1. The number of nitrogens with zero attached hydrogens (tertiary/aromatic N) is 4. The minimum absolute atomic E-state index is 0.390. The Balaban J connectivity index is 1.56. The SMILES string of the molecule is Cc1cnc2nc(-c3cc4ccc(N5CCN[C@H](C)C5)cc4oc3=O)cn2c1. The largest absolute Gasteiger partial charge is 0.422 e. The highest BCUT2D eigenvalue weighted by Crippen LogP contribution is 2.25. The van der Waals surface area contributed by atoms with Crippen molar-refractivity contribution in [3.63, 3.8) is 0 Å². The number of aryl methyl sites for hydroxylation is 1. The van der Waals surface area contributed by atoms with Crippen LogP contribution in [-0.2, 0) is 0 Å². The van der Waals surface area contributed by atoms with Crippen LogP contribution in [0.5, 0.6) is 0 Å². The van der Waals surface area contributed by atoms with Crippen LogP contribution in [0.2, 0.25) is 0 Å². The maximum atomic E-state index is 12.7. The minimum atomic E-state index is -0.390. The van der Waals surface area contributed by atoms with Crippen molar-refractivity contribution in [2.45, 2.75) is 19.9 Å². The first kappa shape index (κ1) is 16.9. The molecule has 0 bridgehead atoms. The predicted molar refractivity (Wildman–Crippen MR) is 109 cm³/mol. The van der Waals surface area contributed by atoms with Crippen molar-refractivity contribution >= 4 is 22.4 Å². The fourth-order valence-corrected chi connectivity index (χ4v) is 3.76. The summed E-state index contributed by atoms with van der Waals surface area (Å²) in [6.07, 6.45) is 5.50. The number of imidazole rings is 1. The molecule has 1 fully saturated rings. The zero-order valence-electron chi connectivity index (χ0n) is 15.8. The van der Waals surface area contributed by atoms with Gasteiger partial charge in [-0.2, -0.15) is 0 Å². The minimum Gasteiger partial charge on any atom is -0.422 e. The Morgan fingerprint density at radius 2 is 2.14 bits per heavy atom. The van der Waals surface area contributed by atoms with E-state index in [4.69, 9.17) is 4.42 Å². The van der Waals surface area contributed by atoms with Crippen molar-refractivity contribution in [3.05, 3.63) is 58.8 Å². The molecule has 1 N–H and O–H groups in total. The molecule has 0 aliphatic carbocycles. The van der Waals surface area contributed by atoms with Gasteiger partial charge in [-0.1, -0.05) is 0 Å². The molecule has 142 valence electrons. The monoisotopic (exact) mass is 375 g/mol. The Morgan fingerprint density at radius 1 is 1.25 bits per heavy atom. The summed E-state index contributed by atoms with van der Waals surface area (Å²) in [6.45, 7) is 6.95. The molecule has 28 heavy (non-hydrogen) atoms. The molecule has 7 heteroatoms. The van der Waals surface area contributed by atoms with E-state index < -0.39 is 5.63 Å². The molecule has 3 aromatic heterocycles. The van der Waals surface area contributed by atoms with E-state index in [1.165, 1.54) is 0 Å². The molecule has 7 nitrogen and oxygen atoms in total. The van der Waals surface area contributed by atoms with Crippen molar-refractivity contribution < 1.29 is 4.42 Å². The van der Waals surface area contributed by atoms with Crippen molar-refractivity contribution in [2.24, 2.45) is 0 Å². The lowest BCUT2D eigenvalue weighted by Crippen LogP contribution is -2.49. The summed E-state index contributed by atoms with van der Waals surface area (Å²) in [6, 6.07) is 8.32. The summed E-state index contributed by atoms with van der Waals surface area (Å²) < 4.78 is 7.48. The number of hydrogen-bond acceptors (Lipinski definition) is 6. The molecular formula is C21H21N5O2. The first-order valence-electron chi connectivity index (χ1n) is 9.45. The number of piperazine rings is 1. The zero-order valence-corrected chi connectivity index (χ0v) is 15.8. The Bertz CT molecular complexity index is 1240. The number of benzene rings is 1. The number of hydrogen-bond donors (Lipinski definition) is 1. The van der Waals surface area contributed by atoms with E-state index in [1.807, 2.05) is 41.9 Å². The topological polar surface area (TPSA) is 75.7 Å². The van der Waals surface area contributed by atoms with Crippen LogP contribution in [0.3, 0.4) is 0 Å². The third-order valence-corrected chi connectivity index (χ3v) is 5.17. The van der Waals surface area contributed by atoms with Crippen LogP contribution < -0.4 is 15.8 Å². The van der Waals surface area contributed by atoms with Gasteiger partial charge in [0.05, 0.1) is 11.3 Å². The van der Waals surface area contributed by atoms with Gasteiger partial charge in [0.1, 0.15) is 5.58 Å². The molecule has 1 atom stereocenters. The molecule has 0 unspecified atom stereocenters. The zero-order chi connectivity index (χ0) is 19.3. The van der Waals surface area contributed by atoms with Gasteiger partial charge in [-0.25, -0.2) is 14.8 Å². The number of rotatable bonds is 2. The van der Waals surface area contributed by atoms with E-state index in [2.05, 4.69) is 33.2 Å².